The number of fused-ring (bicyclic) bond motifs is 3. The summed E-state index contributed by atoms with van der Waals surface area (Å²) in [5.41, 5.74) is 3.66. The highest BCUT2D eigenvalue weighted by molar-refractivity contribution is 6.29. The summed E-state index contributed by atoms with van der Waals surface area (Å²) in [4.78, 5) is 22.3. The van der Waals surface area contributed by atoms with Crippen LogP contribution in [0, 0.1) is 6.92 Å². The molecule has 3 heterocycles. The summed E-state index contributed by atoms with van der Waals surface area (Å²) in [6.45, 7) is 2.74. The number of rotatable bonds is 3. The van der Waals surface area contributed by atoms with Crippen LogP contribution in [0.2, 0.25) is 5.15 Å². The zero-order chi connectivity index (χ0) is 21.5. The van der Waals surface area contributed by atoms with Gasteiger partial charge < -0.3 is 9.84 Å². The number of nitrogens with zero attached hydrogens (tertiary/aromatic N) is 3. The lowest BCUT2D eigenvalue weighted by Crippen LogP contribution is -2.39. The predicted octanol–water partition coefficient (Wildman–Crippen LogP) is 3.82. The van der Waals surface area contributed by atoms with Crippen molar-refractivity contribution >= 4 is 33.3 Å². The second-order valence-electron chi connectivity index (χ2n) is 8.04. The molecule has 0 spiro atoms. The number of aliphatic hydroxyl groups is 1. The number of aromatic nitrogens is 3. The average Bonchev–Trinajstić information content (AvgIpc) is 2.78. The number of benzene rings is 2. The van der Waals surface area contributed by atoms with Crippen molar-refractivity contribution in [1.82, 2.24) is 14.5 Å². The van der Waals surface area contributed by atoms with Crippen LogP contribution < -0.4 is 5.56 Å². The molecule has 0 saturated carbocycles. The Balaban J connectivity index is 1.72. The Morgan fingerprint density at radius 3 is 2.77 bits per heavy atom. The van der Waals surface area contributed by atoms with Crippen molar-refractivity contribution in [2.24, 2.45) is 0 Å². The number of halogens is 1. The molecule has 0 unspecified atom stereocenters. The molecule has 6 nitrogen and oxygen atoms in total. The molecule has 1 saturated heterocycles. The molecule has 2 aromatic carbocycles. The van der Waals surface area contributed by atoms with Gasteiger partial charge in [-0.1, -0.05) is 35.9 Å². The third kappa shape index (κ3) is 3.61. The van der Waals surface area contributed by atoms with Crippen LogP contribution in [0.5, 0.6) is 0 Å². The monoisotopic (exact) mass is 435 g/mol. The van der Waals surface area contributed by atoms with Gasteiger partial charge in [-0.3, -0.25) is 9.36 Å². The highest BCUT2D eigenvalue weighted by atomic mass is 35.5. The number of aliphatic hydroxyl groups excluding tert-OH is 1. The van der Waals surface area contributed by atoms with E-state index in [0.29, 0.717) is 35.5 Å². The molecule has 0 aliphatic carbocycles. The molecule has 1 N–H and O–H groups in total. The quantitative estimate of drug-likeness (QED) is 0.391. The van der Waals surface area contributed by atoms with Gasteiger partial charge in [0.2, 0.25) is 0 Å². The summed E-state index contributed by atoms with van der Waals surface area (Å²) < 4.78 is 6.88. The van der Waals surface area contributed by atoms with Gasteiger partial charge >= 0.3 is 0 Å². The zero-order valence-corrected chi connectivity index (χ0v) is 17.8. The van der Waals surface area contributed by atoms with Gasteiger partial charge in [-0.15, -0.1) is 0 Å². The van der Waals surface area contributed by atoms with Crippen LogP contribution in [0.15, 0.2) is 53.7 Å². The number of ether oxygens (including phenoxy) is 1. The second kappa shape index (κ2) is 8.04. The molecule has 0 radical (unpaired) electrons. The molecule has 1 aliphatic heterocycles. The fourth-order valence-corrected chi connectivity index (χ4v) is 4.58. The molecule has 2 atom stereocenters. The van der Waals surface area contributed by atoms with E-state index < -0.39 is 6.10 Å². The predicted molar refractivity (Wildman–Crippen MR) is 121 cm³/mol. The first kappa shape index (κ1) is 20.1. The van der Waals surface area contributed by atoms with E-state index in [2.05, 4.69) is 16.0 Å². The molecular formula is C24H22ClN3O3. The van der Waals surface area contributed by atoms with E-state index in [-0.39, 0.29) is 18.2 Å². The van der Waals surface area contributed by atoms with E-state index in [1.165, 1.54) is 0 Å². The first-order valence-electron chi connectivity index (χ1n) is 10.3. The zero-order valence-electron chi connectivity index (χ0n) is 17.1. The van der Waals surface area contributed by atoms with Crippen molar-refractivity contribution in [1.29, 1.82) is 0 Å². The van der Waals surface area contributed by atoms with E-state index in [4.69, 9.17) is 16.3 Å². The third-order valence-corrected chi connectivity index (χ3v) is 6.29. The van der Waals surface area contributed by atoms with Crippen LogP contribution >= 0.6 is 11.6 Å². The van der Waals surface area contributed by atoms with Gasteiger partial charge in [-0.05, 0) is 54.0 Å². The van der Waals surface area contributed by atoms with Crippen LogP contribution in [-0.4, -0.2) is 39.0 Å². The smallest absolute Gasteiger partial charge is 0.261 e. The molecule has 7 heteroatoms. The normalized spacial score (nSPS) is 19.2. The lowest BCUT2D eigenvalue weighted by Gasteiger charge is -2.29. The summed E-state index contributed by atoms with van der Waals surface area (Å²) in [5, 5.41) is 13.4. The Labute approximate surface area is 184 Å². The molecule has 2 aromatic heterocycles. The second-order valence-corrected chi connectivity index (χ2v) is 8.43. The molecule has 0 bridgehead atoms. The Morgan fingerprint density at radius 2 is 1.97 bits per heavy atom. The first-order valence-corrected chi connectivity index (χ1v) is 10.7. The average molecular weight is 436 g/mol. The van der Waals surface area contributed by atoms with Gasteiger partial charge in [0, 0.05) is 18.2 Å². The van der Waals surface area contributed by atoms with Crippen LogP contribution in [-0.2, 0) is 11.2 Å². The maximum Gasteiger partial charge on any atom is 0.261 e. The molecular weight excluding hydrogens is 414 g/mol. The minimum Gasteiger partial charge on any atom is -0.389 e. The van der Waals surface area contributed by atoms with Gasteiger partial charge in [0.25, 0.3) is 5.56 Å². The number of hydrogen-bond acceptors (Lipinski definition) is 5. The highest BCUT2D eigenvalue weighted by Crippen LogP contribution is 2.29. The Hall–Kier alpha value is -2.80. The van der Waals surface area contributed by atoms with Crippen LogP contribution in [0.1, 0.15) is 29.2 Å². The molecule has 31 heavy (non-hydrogen) atoms. The van der Waals surface area contributed by atoms with Crippen molar-refractivity contribution < 1.29 is 9.84 Å². The van der Waals surface area contributed by atoms with Crippen LogP contribution in [0.3, 0.4) is 0 Å². The fourth-order valence-electron chi connectivity index (χ4n) is 4.40. The molecule has 0 amide bonds. The first-order chi connectivity index (χ1) is 15.0. The molecule has 1 aliphatic rings. The van der Waals surface area contributed by atoms with Crippen molar-refractivity contribution in [2.45, 2.75) is 31.9 Å². The highest BCUT2D eigenvalue weighted by Gasteiger charge is 2.27. The topological polar surface area (TPSA) is 77.2 Å². The molecule has 4 aromatic rings. The van der Waals surface area contributed by atoms with E-state index >= 15 is 0 Å². The third-order valence-electron chi connectivity index (χ3n) is 6.09. The lowest BCUT2D eigenvalue weighted by atomic mass is 9.95. The maximum atomic E-state index is 13.5. The SMILES string of the molecule is Cc1cnc(Cl)cc1Cc1cc2c(=O)n([C@H]3CCOC[C@@H]3O)cnc2c2ccccc12. The van der Waals surface area contributed by atoms with E-state index in [0.717, 1.165) is 27.5 Å². The number of pyridine rings is 1. The Bertz CT molecular complexity index is 1350. The van der Waals surface area contributed by atoms with Gasteiger partial charge in [0.15, 0.2) is 0 Å². The van der Waals surface area contributed by atoms with Crippen LogP contribution in [0.25, 0.3) is 21.7 Å². The summed E-state index contributed by atoms with van der Waals surface area (Å²) >= 11 is 6.13. The van der Waals surface area contributed by atoms with Crippen molar-refractivity contribution in [3.05, 3.63) is 81.1 Å². The van der Waals surface area contributed by atoms with Crippen molar-refractivity contribution in [3.8, 4) is 0 Å². The maximum absolute atomic E-state index is 13.5. The van der Waals surface area contributed by atoms with E-state index in [1.54, 1.807) is 17.1 Å². The van der Waals surface area contributed by atoms with Gasteiger partial charge in [0.1, 0.15) is 5.15 Å². The summed E-state index contributed by atoms with van der Waals surface area (Å²) in [6.07, 6.45) is 3.79. The molecule has 158 valence electrons. The standard InChI is InChI=1S/C24H22ClN3O3/c1-14-11-26-22(25)10-15(14)8-16-9-19-23(18-5-3-2-4-17(16)18)27-13-28(24(19)30)20-6-7-31-12-21(20)29/h2-5,9-11,13,20-21,29H,6-8,12H2,1H3/t20-,21-/m0/s1. The number of aryl methyl sites for hydroxylation is 1. The van der Waals surface area contributed by atoms with E-state index in [9.17, 15) is 9.90 Å². The van der Waals surface area contributed by atoms with Crippen LogP contribution in [0.4, 0.5) is 0 Å². The summed E-state index contributed by atoms with van der Waals surface area (Å²) in [5.74, 6) is 0. The minimum absolute atomic E-state index is 0.146. The summed E-state index contributed by atoms with van der Waals surface area (Å²) in [7, 11) is 0. The molecule has 1 fully saturated rings. The minimum atomic E-state index is -0.729. The fraction of sp³-hybridized carbons (Fsp3) is 0.292. The van der Waals surface area contributed by atoms with Crippen molar-refractivity contribution in [3.63, 3.8) is 0 Å². The van der Waals surface area contributed by atoms with Gasteiger partial charge in [0.05, 0.1) is 36.0 Å². The van der Waals surface area contributed by atoms with Gasteiger partial charge in [-0.25, -0.2) is 9.97 Å². The Kier molecular flexibility index (Phi) is 5.22. The van der Waals surface area contributed by atoms with Gasteiger partial charge in [-0.2, -0.15) is 0 Å². The lowest BCUT2D eigenvalue weighted by molar-refractivity contribution is -0.0395. The largest absolute Gasteiger partial charge is 0.389 e. The van der Waals surface area contributed by atoms with E-state index in [1.807, 2.05) is 37.3 Å². The number of hydrogen-bond donors (Lipinski definition) is 1. The summed E-state index contributed by atoms with van der Waals surface area (Å²) in [6, 6.07) is 11.5. The molecule has 5 rings (SSSR count). The van der Waals surface area contributed by atoms with Crippen molar-refractivity contribution in [2.75, 3.05) is 13.2 Å². The Morgan fingerprint density at radius 1 is 1.16 bits per heavy atom.